The number of carbonyl (C=O) groups is 1. The molecular formula is C13H17IO3. The number of aryl methyl sites for hydroxylation is 1. The Hall–Kier alpha value is -0.780. The van der Waals surface area contributed by atoms with Crippen LogP contribution in [0.2, 0.25) is 0 Å². The first-order valence-electron chi connectivity index (χ1n) is 5.46. The second kappa shape index (κ2) is 6.23. The third kappa shape index (κ3) is 3.87. The highest BCUT2D eigenvalue weighted by atomic mass is 127. The summed E-state index contributed by atoms with van der Waals surface area (Å²) in [5.41, 5.74) is 1.02. The predicted octanol–water partition coefficient (Wildman–Crippen LogP) is 3.18. The maximum absolute atomic E-state index is 11.6. The summed E-state index contributed by atoms with van der Waals surface area (Å²) in [5.74, 6) is 0.466. The molecular weight excluding hydrogens is 331 g/mol. The number of benzene rings is 1. The summed E-state index contributed by atoms with van der Waals surface area (Å²) >= 11 is 2.24. The Labute approximate surface area is 116 Å². The van der Waals surface area contributed by atoms with Gasteiger partial charge in [0.15, 0.2) is 6.10 Å². The Balaban J connectivity index is 2.90. The quantitative estimate of drug-likeness (QED) is 0.619. The van der Waals surface area contributed by atoms with Gasteiger partial charge in [0.2, 0.25) is 0 Å². The van der Waals surface area contributed by atoms with Crippen molar-refractivity contribution in [2.75, 3.05) is 7.11 Å². The molecule has 0 saturated heterocycles. The summed E-state index contributed by atoms with van der Waals surface area (Å²) in [6.07, 6.45) is -0.557. The minimum absolute atomic E-state index is 0.0705. The third-order valence-electron chi connectivity index (χ3n) is 2.43. The average Bonchev–Trinajstić information content (AvgIpc) is 2.26. The fourth-order valence-corrected chi connectivity index (χ4v) is 2.10. The van der Waals surface area contributed by atoms with Crippen LogP contribution < -0.4 is 4.74 Å². The summed E-state index contributed by atoms with van der Waals surface area (Å²) in [6.45, 7) is 5.83. The van der Waals surface area contributed by atoms with Crippen LogP contribution in [0.15, 0.2) is 18.2 Å². The van der Waals surface area contributed by atoms with Gasteiger partial charge in [0.25, 0.3) is 0 Å². The van der Waals surface area contributed by atoms with E-state index in [4.69, 9.17) is 9.47 Å². The molecule has 0 spiro atoms. The van der Waals surface area contributed by atoms with Gasteiger partial charge in [0.05, 0.1) is 7.11 Å². The number of ether oxygens (including phenoxy) is 2. The fourth-order valence-electron chi connectivity index (χ4n) is 1.45. The maximum Gasteiger partial charge on any atom is 0.347 e. The molecule has 94 valence electrons. The van der Waals surface area contributed by atoms with Crippen LogP contribution in [0, 0.1) is 16.4 Å². The number of halogens is 1. The van der Waals surface area contributed by atoms with Crippen LogP contribution in [0.5, 0.6) is 5.75 Å². The van der Waals surface area contributed by atoms with Crippen LogP contribution in [-0.2, 0) is 9.53 Å². The number of hydrogen-bond donors (Lipinski definition) is 0. The molecule has 0 aliphatic rings. The van der Waals surface area contributed by atoms with Gasteiger partial charge < -0.3 is 9.47 Å². The van der Waals surface area contributed by atoms with E-state index in [9.17, 15) is 4.79 Å². The summed E-state index contributed by atoms with van der Waals surface area (Å²) in [7, 11) is 1.38. The lowest BCUT2D eigenvalue weighted by Gasteiger charge is -2.21. The van der Waals surface area contributed by atoms with Crippen molar-refractivity contribution in [2.24, 2.45) is 5.92 Å². The molecule has 3 nitrogen and oxygen atoms in total. The van der Waals surface area contributed by atoms with Crippen molar-refractivity contribution in [3.05, 3.63) is 27.3 Å². The number of esters is 1. The van der Waals surface area contributed by atoms with Gasteiger partial charge >= 0.3 is 5.97 Å². The summed E-state index contributed by atoms with van der Waals surface area (Å²) < 4.78 is 11.6. The Bertz CT molecular complexity index is 402. The lowest BCUT2D eigenvalue weighted by Crippen LogP contribution is -2.33. The first-order chi connectivity index (χ1) is 7.95. The first-order valence-corrected chi connectivity index (χ1v) is 6.54. The molecule has 1 atom stereocenters. The van der Waals surface area contributed by atoms with E-state index in [1.807, 2.05) is 39.0 Å². The molecule has 0 fully saturated rings. The SMILES string of the molecule is COC(=O)C(Oc1ccc(I)cc1C)C(C)C. The molecule has 1 aromatic rings. The summed E-state index contributed by atoms with van der Waals surface area (Å²) in [4.78, 5) is 11.6. The molecule has 0 aliphatic carbocycles. The summed E-state index contributed by atoms with van der Waals surface area (Å²) in [5, 5.41) is 0. The van der Waals surface area contributed by atoms with E-state index in [2.05, 4.69) is 22.6 Å². The molecule has 4 heteroatoms. The van der Waals surface area contributed by atoms with Crippen molar-refractivity contribution in [3.63, 3.8) is 0 Å². The topological polar surface area (TPSA) is 35.5 Å². The Morgan fingerprint density at radius 3 is 2.47 bits per heavy atom. The van der Waals surface area contributed by atoms with Crippen LogP contribution in [-0.4, -0.2) is 19.2 Å². The highest BCUT2D eigenvalue weighted by molar-refractivity contribution is 14.1. The van der Waals surface area contributed by atoms with E-state index < -0.39 is 6.10 Å². The number of rotatable bonds is 4. The van der Waals surface area contributed by atoms with Gasteiger partial charge in [-0.3, -0.25) is 0 Å². The molecule has 1 aromatic carbocycles. The van der Waals surface area contributed by atoms with Gasteiger partial charge in [-0.25, -0.2) is 4.79 Å². The van der Waals surface area contributed by atoms with E-state index in [1.54, 1.807) is 0 Å². The van der Waals surface area contributed by atoms with E-state index in [0.717, 1.165) is 14.9 Å². The third-order valence-corrected chi connectivity index (χ3v) is 3.10. The second-order valence-corrected chi connectivity index (χ2v) is 5.46. The molecule has 0 N–H and O–H groups in total. The molecule has 0 saturated carbocycles. The molecule has 0 heterocycles. The summed E-state index contributed by atoms with van der Waals surface area (Å²) in [6, 6.07) is 5.86. The zero-order chi connectivity index (χ0) is 13.0. The Morgan fingerprint density at radius 2 is 2.00 bits per heavy atom. The van der Waals surface area contributed by atoms with Gasteiger partial charge in [0.1, 0.15) is 5.75 Å². The number of carbonyl (C=O) groups excluding carboxylic acids is 1. The van der Waals surface area contributed by atoms with Crippen LogP contribution in [0.1, 0.15) is 19.4 Å². The highest BCUT2D eigenvalue weighted by Crippen LogP contribution is 2.23. The van der Waals surface area contributed by atoms with Gasteiger partial charge in [-0.2, -0.15) is 0 Å². The molecule has 1 unspecified atom stereocenters. The van der Waals surface area contributed by atoms with E-state index in [0.29, 0.717) is 0 Å². The molecule has 0 bridgehead atoms. The zero-order valence-corrected chi connectivity index (χ0v) is 12.6. The van der Waals surface area contributed by atoms with Gasteiger partial charge in [-0.1, -0.05) is 13.8 Å². The number of hydrogen-bond acceptors (Lipinski definition) is 3. The predicted molar refractivity (Wildman–Crippen MR) is 75.2 cm³/mol. The van der Waals surface area contributed by atoms with Crippen molar-refractivity contribution < 1.29 is 14.3 Å². The van der Waals surface area contributed by atoms with Crippen molar-refractivity contribution in [1.29, 1.82) is 0 Å². The van der Waals surface area contributed by atoms with Crippen molar-refractivity contribution >= 4 is 28.6 Å². The molecule has 0 aliphatic heterocycles. The van der Waals surface area contributed by atoms with Gasteiger partial charge in [0, 0.05) is 9.49 Å². The largest absolute Gasteiger partial charge is 0.478 e. The second-order valence-electron chi connectivity index (χ2n) is 4.22. The van der Waals surface area contributed by atoms with Crippen LogP contribution in [0.25, 0.3) is 0 Å². The van der Waals surface area contributed by atoms with Crippen molar-refractivity contribution in [1.82, 2.24) is 0 Å². The molecule has 0 radical (unpaired) electrons. The van der Waals surface area contributed by atoms with Gasteiger partial charge in [-0.15, -0.1) is 0 Å². The van der Waals surface area contributed by atoms with E-state index in [1.165, 1.54) is 7.11 Å². The van der Waals surface area contributed by atoms with Crippen molar-refractivity contribution in [2.45, 2.75) is 26.9 Å². The molecule has 17 heavy (non-hydrogen) atoms. The Kier molecular flexibility index (Phi) is 5.24. The van der Waals surface area contributed by atoms with Crippen LogP contribution in [0.4, 0.5) is 0 Å². The minimum Gasteiger partial charge on any atom is -0.478 e. The average molecular weight is 348 g/mol. The first kappa shape index (κ1) is 14.3. The monoisotopic (exact) mass is 348 g/mol. The standard InChI is InChI=1S/C13H17IO3/c1-8(2)12(13(15)16-4)17-11-6-5-10(14)7-9(11)3/h5-8,12H,1-4H3. The molecule has 0 aromatic heterocycles. The number of methoxy groups -OCH3 is 1. The molecule has 0 amide bonds. The maximum atomic E-state index is 11.6. The van der Waals surface area contributed by atoms with Gasteiger partial charge in [-0.05, 0) is 53.3 Å². The lowest BCUT2D eigenvalue weighted by molar-refractivity contribution is -0.150. The van der Waals surface area contributed by atoms with Crippen LogP contribution in [0.3, 0.4) is 0 Å². The van der Waals surface area contributed by atoms with Crippen molar-refractivity contribution in [3.8, 4) is 5.75 Å². The van der Waals surface area contributed by atoms with Crippen LogP contribution >= 0.6 is 22.6 Å². The van der Waals surface area contributed by atoms with E-state index >= 15 is 0 Å². The highest BCUT2D eigenvalue weighted by Gasteiger charge is 2.25. The molecule has 1 rings (SSSR count). The lowest BCUT2D eigenvalue weighted by atomic mass is 10.1. The van der Waals surface area contributed by atoms with E-state index in [-0.39, 0.29) is 11.9 Å². The fraction of sp³-hybridized carbons (Fsp3) is 0.462. The zero-order valence-electron chi connectivity index (χ0n) is 10.5. The Morgan fingerprint density at radius 1 is 1.35 bits per heavy atom. The minimum atomic E-state index is -0.557. The smallest absolute Gasteiger partial charge is 0.347 e. The normalized spacial score (nSPS) is 12.4.